The minimum absolute atomic E-state index is 0.0816. The first-order chi connectivity index (χ1) is 9.19. The van der Waals surface area contributed by atoms with Crippen LogP contribution in [0.3, 0.4) is 0 Å². The summed E-state index contributed by atoms with van der Waals surface area (Å²) in [6, 6.07) is 5.01. The van der Waals surface area contributed by atoms with Gasteiger partial charge in [0.05, 0.1) is 12.8 Å². The number of thiazole rings is 1. The summed E-state index contributed by atoms with van der Waals surface area (Å²) in [5.41, 5.74) is 7.95. The van der Waals surface area contributed by atoms with Crippen molar-refractivity contribution in [1.29, 1.82) is 0 Å². The van der Waals surface area contributed by atoms with Crippen LogP contribution in [0.1, 0.15) is 29.5 Å². The zero-order valence-electron chi connectivity index (χ0n) is 10.6. The van der Waals surface area contributed by atoms with Crippen LogP contribution in [-0.2, 0) is 6.42 Å². The molecule has 0 radical (unpaired) electrons. The molecule has 1 aliphatic carbocycles. The lowest BCUT2D eigenvalue weighted by Crippen LogP contribution is -2.15. The van der Waals surface area contributed by atoms with Gasteiger partial charge in [-0.15, -0.1) is 11.3 Å². The van der Waals surface area contributed by atoms with Crippen molar-refractivity contribution in [1.82, 2.24) is 4.98 Å². The van der Waals surface area contributed by atoms with E-state index in [2.05, 4.69) is 4.98 Å². The predicted molar refractivity (Wildman–Crippen MR) is 73.9 cm³/mol. The summed E-state index contributed by atoms with van der Waals surface area (Å²) in [5.74, 6) is -0.112. The summed E-state index contributed by atoms with van der Waals surface area (Å²) < 4.78 is 18.6. The second kappa shape index (κ2) is 4.90. The SMILES string of the molecule is COc1ccc(-c2nc3c(s2)C(N)CCC3)cc1F. The summed E-state index contributed by atoms with van der Waals surface area (Å²) in [4.78, 5) is 5.75. The van der Waals surface area contributed by atoms with Crippen molar-refractivity contribution >= 4 is 11.3 Å². The minimum Gasteiger partial charge on any atom is -0.494 e. The fourth-order valence-electron chi connectivity index (χ4n) is 2.38. The van der Waals surface area contributed by atoms with Gasteiger partial charge in [0.1, 0.15) is 5.01 Å². The third-order valence-corrected chi connectivity index (χ3v) is 4.67. The van der Waals surface area contributed by atoms with E-state index in [1.54, 1.807) is 17.4 Å². The van der Waals surface area contributed by atoms with E-state index < -0.39 is 0 Å². The Morgan fingerprint density at radius 2 is 2.32 bits per heavy atom. The highest BCUT2D eigenvalue weighted by Crippen LogP contribution is 2.37. The Kier molecular flexibility index (Phi) is 3.24. The lowest BCUT2D eigenvalue weighted by atomic mass is 9.99. The number of hydrogen-bond donors (Lipinski definition) is 1. The molecule has 1 aromatic heterocycles. The van der Waals surface area contributed by atoms with Crippen LogP contribution in [0.4, 0.5) is 4.39 Å². The molecule has 1 aromatic carbocycles. The second-order valence-corrected chi connectivity index (χ2v) is 5.71. The van der Waals surface area contributed by atoms with Crippen LogP contribution in [0.2, 0.25) is 0 Å². The smallest absolute Gasteiger partial charge is 0.165 e. The van der Waals surface area contributed by atoms with Gasteiger partial charge < -0.3 is 10.5 Å². The maximum absolute atomic E-state index is 13.7. The highest BCUT2D eigenvalue weighted by Gasteiger charge is 2.22. The molecule has 1 atom stereocenters. The van der Waals surface area contributed by atoms with E-state index in [1.807, 2.05) is 6.07 Å². The van der Waals surface area contributed by atoms with Crippen LogP contribution in [0, 0.1) is 5.82 Å². The van der Waals surface area contributed by atoms with E-state index >= 15 is 0 Å². The number of ether oxygens (including phenoxy) is 1. The molecule has 3 nitrogen and oxygen atoms in total. The van der Waals surface area contributed by atoms with E-state index in [1.165, 1.54) is 13.2 Å². The molecule has 100 valence electrons. The molecule has 1 aliphatic rings. The highest BCUT2D eigenvalue weighted by atomic mass is 32.1. The highest BCUT2D eigenvalue weighted by molar-refractivity contribution is 7.15. The van der Waals surface area contributed by atoms with E-state index in [0.717, 1.165) is 40.4 Å². The second-order valence-electron chi connectivity index (χ2n) is 4.68. The van der Waals surface area contributed by atoms with Crippen LogP contribution in [0.25, 0.3) is 10.6 Å². The van der Waals surface area contributed by atoms with Crippen LogP contribution in [0.5, 0.6) is 5.75 Å². The Morgan fingerprint density at radius 1 is 1.47 bits per heavy atom. The molecule has 1 heterocycles. The predicted octanol–water partition coefficient (Wildman–Crippen LogP) is 3.29. The molecule has 2 N–H and O–H groups in total. The Morgan fingerprint density at radius 3 is 3.00 bits per heavy atom. The Balaban J connectivity index is 2.01. The number of hydrogen-bond acceptors (Lipinski definition) is 4. The first-order valence-corrected chi connectivity index (χ1v) is 7.10. The zero-order chi connectivity index (χ0) is 13.4. The lowest BCUT2D eigenvalue weighted by molar-refractivity contribution is 0.386. The molecular formula is C14H15FN2OS. The van der Waals surface area contributed by atoms with Crippen LogP contribution in [-0.4, -0.2) is 12.1 Å². The number of aromatic nitrogens is 1. The van der Waals surface area contributed by atoms with Gasteiger partial charge in [0.15, 0.2) is 11.6 Å². The van der Waals surface area contributed by atoms with Crippen molar-refractivity contribution in [3.63, 3.8) is 0 Å². The quantitative estimate of drug-likeness (QED) is 0.917. The van der Waals surface area contributed by atoms with Gasteiger partial charge >= 0.3 is 0 Å². The first-order valence-electron chi connectivity index (χ1n) is 6.28. The molecule has 0 amide bonds. The lowest BCUT2D eigenvalue weighted by Gasteiger charge is -2.15. The van der Waals surface area contributed by atoms with Crippen LogP contribution >= 0.6 is 11.3 Å². The maximum atomic E-state index is 13.7. The number of nitrogens with zero attached hydrogens (tertiary/aromatic N) is 1. The number of halogens is 1. The van der Waals surface area contributed by atoms with Gasteiger partial charge in [0.25, 0.3) is 0 Å². The molecule has 5 heteroatoms. The normalized spacial score (nSPS) is 18.2. The molecule has 3 rings (SSSR count). The van der Waals surface area contributed by atoms with Crippen molar-refractivity contribution < 1.29 is 9.13 Å². The van der Waals surface area contributed by atoms with Crippen molar-refractivity contribution in [2.24, 2.45) is 5.73 Å². The van der Waals surface area contributed by atoms with Gasteiger partial charge in [-0.3, -0.25) is 0 Å². The van der Waals surface area contributed by atoms with Crippen LogP contribution in [0.15, 0.2) is 18.2 Å². The van der Waals surface area contributed by atoms with Gasteiger partial charge in [0.2, 0.25) is 0 Å². The third-order valence-electron chi connectivity index (χ3n) is 3.39. The van der Waals surface area contributed by atoms with Gasteiger partial charge in [-0.05, 0) is 37.5 Å². The van der Waals surface area contributed by atoms with Crippen LogP contribution < -0.4 is 10.5 Å². The average Bonchev–Trinajstić information content (AvgIpc) is 2.84. The molecular weight excluding hydrogens is 263 g/mol. The van der Waals surface area contributed by atoms with E-state index in [-0.39, 0.29) is 17.6 Å². The molecule has 2 aromatic rings. The van der Waals surface area contributed by atoms with E-state index in [4.69, 9.17) is 10.5 Å². The molecule has 19 heavy (non-hydrogen) atoms. The number of rotatable bonds is 2. The summed E-state index contributed by atoms with van der Waals surface area (Å²) in [6.45, 7) is 0. The Hall–Kier alpha value is -1.46. The molecule has 0 saturated carbocycles. The Bertz CT molecular complexity index is 611. The first kappa shape index (κ1) is 12.6. The summed E-state index contributed by atoms with van der Waals surface area (Å²) in [7, 11) is 1.46. The standard InChI is InChI=1S/C14H15FN2OS/c1-18-12-6-5-8(7-9(12)15)14-17-11-4-2-3-10(16)13(11)19-14/h5-7,10H,2-4,16H2,1H3. The van der Waals surface area contributed by atoms with Gasteiger partial charge in [-0.25, -0.2) is 9.37 Å². The molecule has 0 spiro atoms. The number of fused-ring (bicyclic) bond motifs is 1. The number of nitrogens with two attached hydrogens (primary N) is 1. The van der Waals surface area contributed by atoms with Crippen molar-refractivity contribution in [3.05, 3.63) is 34.6 Å². The monoisotopic (exact) mass is 278 g/mol. The molecule has 0 bridgehead atoms. The van der Waals surface area contributed by atoms with Crippen molar-refractivity contribution in [3.8, 4) is 16.3 Å². The minimum atomic E-state index is -0.363. The van der Waals surface area contributed by atoms with E-state index in [0.29, 0.717) is 0 Å². The fourth-order valence-corrected chi connectivity index (χ4v) is 3.52. The van der Waals surface area contributed by atoms with Crippen molar-refractivity contribution in [2.75, 3.05) is 7.11 Å². The molecule has 1 unspecified atom stereocenters. The van der Waals surface area contributed by atoms with E-state index in [9.17, 15) is 4.39 Å². The summed E-state index contributed by atoms with van der Waals surface area (Å²) in [6.07, 6.45) is 3.05. The van der Waals surface area contributed by atoms with Gasteiger partial charge in [-0.1, -0.05) is 0 Å². The zero-order valence-corrected chi connectivity index (χ0v) is 11.5. The van der Waals surface area contributed by atoms with Gasteiger partial charge in [0, 0.05) is 16.5 Å². The third kappa shape index (κ3) is 2.24. The number of aryl methyl sites for hydroxylation is 1. The summed E-state index contributed by atoms with van der Waals surface area (Å²) >= 11 is 1.58. The average molecular weight is 278 g/mol. The fraction of sp³-hybridized carbons (Fsp3) is 0.357. The maximum Gasteiger partial charge on any atom is 0.165 e. The Labute approximate surface area is 115 Å². The largest absolute Gasteiger partial charge is 0.494 e. The number of benzene rings is 1. The van der Waals surface area contributed by atoms with Crippen molar-refractivity contribution in [2.45, 2.75) is 25.3 Å². The molecule has 0 fully saturated rings. The summed E-state index contributed by atoms with van der Waals surface area (Å²) in [5, 5.41) is 0.837. The molecule has 0 aliphatic heterocycles. The number of methoxy groups -OCH3 is 1. The van der Waals surface area contributed by atoms with Gasteiger partial charge in [-0.2, -0.15) is 0 Å². The molecule has 0 saturated heterocycles. The topological polar surface area (TPSA) is 48.1 Å².